The van der Waals surface area contributed by atoms with Gasteiger partial charge in [-0.15, -0.1) is 0 Å². The zero-order valence-electron chi connectivity index (χ0n) is 14.0. The molecule has 0 aromatic carbocycles. The number of amides is 2. The molecule has 0 heterocycles. The predicted octanol–water partition coefficient (Wildman–Crippen LogP) is 3.10. The first-order valence-corrected chi connectivity index (χ1v) is 7.87. The van der Waals surface area contributed by atoms with E-state index >= 15 is 0 Å². The average molecular weight is 298 g/mol. The highest BCUT2D eigenvalue weighted by molar-refractivity contribution is 5.76. The number of hydrogen-bond donors (Lipinski definition) is 2. The van der Waals surface area contributed by atoms with E-state index in [1.807, 2.05) is 20.9 Å². The summed E-state index contributed by atoms with van der Waals surface area (Å²) in [6, 6.07) is -0.215. The second-order valence-electron chi connectivity index (χ2n) is 7.40. The normalized spacial score (nSPS) is 20.1. The van der Waals surface area contributed by atoms with E-state index < -0.39 is 5.97 Å². The first kappa shape index (κ1) is 17.8. The number of carboxylic acid groups (broad SMARTS) is 1. The number of carbonyl (C=O) groups excluding carboxylic acids is 1. The molecule has 0 aromatic rings. The number of carboxylic acids is 1. The summed E-state index contributed by atoms with van der Waals surface area (Å²) in [5, 5.41) is 11.8. The largest absolute Gasteiger partial charge is 0.481 e. The molecule has 1 fully saturated rings. The van der Waals surface area contributed by atoms with Gasteiger partial charge in [0.25, 0.3) is 0 Å². The summed E-state index contributed by atoms with van der Waals surface area (Å²) in [6.07, 6.45) is 4.25. The van der Waals surface area contributed by atoms with Gasteiger partial charge in [0.1, 0.15) is 0 Å². The van der Waals surface area contributed by atoms with Crippen LogP contribution in [-0.2, 0) is 4.79 Å². The summed E-state index contributed by atoms with van der Waals surface area (Å²) < 4.78 is 0. The molecule has 1 unspecified atom stereocenters. The minimum absolute atomic E-state index is 0.0328. The molecule has 1 aliphatic rings. The lowest BCUT2D eigenvalue weighted by atomic mass is 9.75. The van der Waals surface area contributed by atoms with E-state index in [2.05, 4.69) is 19.2 Å². The Labute approximate surface area is 128 Å². The molecule has 0 spiro atoms. The Morgan fingerprint density at radius 3 is 2.24 bits per heavy atom. The number of urea groups is 1. The van der Waals surface area contributed by atoms with Crippen molar-refractivity contribution in [3.8, 4) is 0 Å². The third-order valence-electron chi connectivity index (χ3n) is 4.68. The van der Waals surface area contributed by atoms with Crippen molar-refractivity contribution >= 4 is 12.0 Å². The van der Waals surface area contributed by atoms with Gasteiger partial charge >= 0.3 is 12.0 Å². The van der Waals surface area contributed by atoms with Crippen LogP contribution in [0.5, 0.6) is 0 Å². The van der Waals surface area contributed by atoms with Crippen molar-refractivity contribution in [2.45, 2.75) is 71.9 Å². The van der Waals surface area contributed by atoms with Gasteiger partial charge < -0.3 is 15.3 Å². The van der Waals surface area contributed by atoms with Crippen molar-refractivity contribution in [2.75, 3.05) is 7.05 Å². The molecular formula is C16H30N2O3. The van der Waals surface area contributed by atoms with Gasteiger partial charge in [-0.25, -0.2) is 4.79 Å². The number of hydrogen-bond acceptors (Lipinski definition) is 2. The third-order valence-corrected chi connectivity index (χ3v) is 4.68. The molecule has 0 bridgehead atoms. The topological polar surface area (TPSA) is 69.6 Å². The van der Waals surface area contributed by atoms with E-state index in [1.165, 1.54) is 0 Å². The molecule has 1 rings (SSSR count). The Bertz CT molecular complexity index is 370. The highest BCUT2D eigenvalue weighted by atomic mass is 16.4. The standard InChI is InChI=1S/C16H30N2O3/c1-11(2)13(10-14(19)20)17-15(21)18(5)12-6-8-16(3,4)9-7-12/h11-13H,6-10H2,1-5H3,(H,17,21)(H,19,20). The Morgan fingerprint density at radius 1 is 1.29 bits per heavy atom. The molecule has 1 aliphatic carbocycles. The van der Waals surface area contributed by atoms with Crippen molar-refractivity contribution < 1.29 is 14.7 Å². The Morgan fingerprint density at radius 2 is 1.81 bits per heavy atom. The Hall–Kier alpha value is -1.26. The van der Waals surface area contributed by atoms with Crippen molar-refractivity contribution in [2.24, 2.45) is 11.3 Å². The third kappa shape index (κ3) is 5.56. The summed E-state index contributed by atoms with van der Waals surface area (Å²) in [6.45, 7) is 8.39. The summed E-state index contributed by atoms with van der Waals surface area (Å²) in [7, 11) is 1.82. The van der Waals surface area contributed by atoms with Crippen LogP contribution in [0.1, 0.15) is 59.8 Å². The van der Waals surface area contributed by atoms with Crippen LogP contribution in [0.3, 0.4) is 0 Å². The smallest absolute Gasteiger partial charge is 0.317 e. The predicted molar refractivity (Wildman–Crippen MR) is 83.2 cm³/mol. The minimum atomic E-state index is -0.879. The number of rotatable bonds is 5. The summed E-state index contributed by atoms with van der Waals surface area (Å²) in [5.41, 5.74) is 0.373. The van der Waals surface area contributed by atoms with Gasteiger partial charge in [0, 0.05) is 19.1 Å². The van der Waals surface area contributed by atoms with Crippen LogP contribution in [0.2, 0.25) is 0 Å². The number of nitrogens with zero attached hydrogens (tertiary/aromatic N) is 1. The van der Waals surface area contributed by atoms with Crippen LogP contribution >= 0.6 is 0 Å². The van der Waals surface area contributed by atoms with Gasteiger partial charge in [0.15, 0.2) is 0 Å². The lowest BCUT2D eigenvalue weighted by Crippen LogP contribution is -2.50. The van der Waals surface area contributed by atoms with Crippen LogP contribution < -0.4 is 5.32 Å². The van der Waals surface area contributed by atoms with Crippen LogP contribution in [0.25, 0.3) is 0 Å². The van der Waals surface area contributed by atoms with Crippen LogP contribution in [0.4, 0.5) is 4.79 Å². The van der Waals surface area contributed by atoms with E-state index in [0.29, 0.717) is 5.41 Å². The quantitative estimate of drug-likeness (QED) is 0.819. The fraction of sp³-hybridized carbons (Fsp3) is 0.875. The SMILES string of the molecule is CC(C)C(CC(=O)O)NC(=O)N(C)C1CCC(C)(C)CC1. The second-order valence-corrected chi connectivity index (χ2v) is 7.40. The fourth-order valence-corrected chi connectivity index (χ4v) is 2.84. The van der Waals surface area contributed by atoms with Gasteiger partial charge in [-0.2, -0.15) is 0 Å². The van der Waals surface area contributed by atoms with E-state index in [0.717, 1.165) is 25.7 Å². The molecule has 0 saturated heterocycles. The Balaban J connectivity index is 2.55. The minimum Gasteiger partial charge on any atom is -0.481 e. The maximum absolute atomic E-state index is 12.3. The molecule has 0 aliphatic heterocycles. The van der Waals surface area contributed by atoms with Gasteiger partial charge in [-0.05, 0) is 37.0 Å². The second kappa shape index (κ2) is 7.14. The van der Waals surface area contributed by atoms with Crippen molar-refractivity contribution in [1.82, 2.24) is 10.2 Å². The first-order valence-electron chi connectivity index (χ1n) is 7.87. The Kier molecular flexibility index (Phi) is 6.05. The molecular weight excluding hydrogens is 268 g/mol. The van der Waals surface area contributed by atoms with Crippen molar-refractivity contribution in [1.29, 1.82) is 0 Å². The molecule has 2 amide bonds. The number of carbonyl (C=O) groups is 2. The molecule has 0 aromatic heterocycles. The fourth-order valence-electron chi connectivity index (χ4n) is 2.84. The van der Waals surface area contributed by atoms with E-state index in [1.54, 1.807) is 4.90 Å². The van der Waals surface area contributed by atoms with Gasteiger partial charge in [0.2, 0.25) is 0 Å². The molecule has 2 N–H and O–H groups in total. The molecule has 0 radical (unpaired) electrons. The average Bonchev–Trinajstić information content (AvgIpc) is 2.36. The molecule has 122 valence electrons. The highest BCUT2D eigenvalue weighted by Gasteiger charge is 2.31. The van der Waals surface area contributed by atoms with Crippen molar-refractivity contribution in [3.63, 3.8) is 0 Å². The lowest BCUT2D eigenvalue weighted by Gasteiger charge is -2.39. The zero-order chi connectivity index (χ0) is 16.2. The zero-order valence-corrected chi connectivity index (χ0v) is 14.0. The monoisotopic (exact) mass is 298 g/mol. The molecule has 5 heteroatoms. The van der Waals surface area contributed by atoms with Gasteiger partial charge in [-0.1, -0.05) is 27.7 Å². The molecule has 5 nitrogen and oxygen atoms in total. The van der Waals surface area contributed by atoms with E-state index in [-0.39, 0.29) is 30.5 Å². The van der Waals surface area contributed by atoms with Gasteiger partial charge in [-0.3, -0.25) is 4.79 Å². The summed E-state index contributed by atoms with van der Waals surface area (Å²) >= 11 is 0. The maximum Gasteiger partial charge on any atom is 0.317 e. The van der Waals surface area contributed by atoms with Crippen LogP contribution in [0, 0.1) is 11.3 Å². The van der Waals surface area contributed by atoms with Gasteiger partial charge in [0.05, 0.1) is 6.42 Å². The number of aliphatic carboxylic acids is 1. The van der Waals surface area contributed by atoms with Crippen molar-refractivity contribution in [3.05, 3.63) is 0 Å². The highest BCUT2D eigenvalue weighted by Crippen LogP contribution is 2.36. The lowest BCUT2D eigenvalue weighted by molar-refractivity contribution is -0.137. The molecule has 1 saturated carbocycles. The molecule has 21 heavy (non-hydrogen) atoms. The maximum atomic E-state index is 12.3. The first-order chi connectivity index (χ1) is 9.62. The van der Waals surface area contributed by atoms with Crippen LogP contribution in [0.15, 0.2) is 0 Å². The summed E-state index contributed by atoms with van der Waals surface area (Å²) in [4.78, 5) is 25.0. The van der Waals surface area contributed by atoms with E-state index in [9.17, 15) is 9.59 Å². The van der Waals surface area contributed by atoms with E-state index in [4.69, 9.17) is 5.11 Å². The molecule has 1 atom stereocenters. The summed E-state index contributed by atoms with van der Waals surface area (Å²) in [5.74, 6) is -0.778. The number of nitrogens with one attached hydrogen (secondary N) is 1. The van der Waals surface area contributed by atoms with Crippen LogP contribution in [-0.4, -0.2) is 41.1 Å².